The molecule has 0 saturated heterocycles. The summed E-state index contributed by atoms with van der Waals surface area (Å²) in [4.78, 5) is 0.157. The topological polar surface area (TPSA) is 72.2 Å². The van der Waals surface area contributed by atoms with Crippen molar-refractivity contribution >= 4 is 15.7 Å². The van der Waals surface area contributed by atoms with Crippen molar-refractivity contribution in [2.45, 2.75) is 25.2 Å². The van der Waals surface area contributed by atoms with Crippen LogP contribution < -0.4 is 10.5 Å². The fourth-order valence-corrected chi connectivity index (χ4v) is 2.87. The molecule has 0 heterocycles. The van der Waals surface area contributed by atoms with Gasteiger partial charge in [-0.3, -0.25) is 0 Å². The summed E-state index contributed by atoms with van der Waals surface area (Å²) in [5, 5.41) is 0. The van der Waals surface area contributed by atoms with Crippen LogP contribution in [0.5, 0.6) is 0 Å². The second-order valence-electron chi connectivity index (χ2n) is 3.57. The van der Waals surface area contributed by atoms with Gasteiger partial charge >= 0.3 is 0 Å². The van der Waals surface area contributed by atoms with Gasteiger partial charge in [0.15, 0.2) is 0 Å². The Kier molecular flexibility index (Phi) is 4.55. The normalized spacial score (nSPS) is 10.7. The highest BCUT2D eigenvalue weighted by atomic mass is 32.2. The number of rotatable bonds is 4. The average molecular weight is 252 g/mol. The predicted octanol–water partition coefficient (Wildman–Crippen LogP) is 1.27. The van der Waals surface area contributed by atoms with E-state index in [1.165, 1.54) is 0 Å². The van der Waals surface area contributed by atoms with Crippen molar-refractivity contribution in [1.82, 2.24) is 4.72 Å². The van der Waals surface area contributed by atoms with Crippen molar-refractivity contribution in [2.24, 2.45) is 0 Å². The van der Waals surface area contributed by atoms with Gasteiger partial charge < -0.3 is 5.73 Å². The first-order valence-electron chi connectivity index (χ1n) is 5.23. The van der Waals surface area contributed by atoms with Crippen LogP contribution in [0.4, 0.5) is 5.69 Å². The zero-order chi connectivity index (χ0) is 12.9. The van der Waals surface area contributed by atoms with E-state index < -0.39 is 10.0 Å². The summed E-state index contributed by atoms with van der Waals surface area (Å²) < 4.78 is 26.5. The van der Waals surface area contributed by atoms with Gasteiger partial charge in [-0.15, -0.1) is 11.8 Å². The first-order chi connectivity index (χ1) is 7.99. The van der Waals surface area contributed by atoms with E-state index >= 15 is 0 Å². The van der Waals surface area contributed by atoms with Crippen LogP contribution in [-0.4, -0.2) is 15.0 Å². The number of nitrogens with two attached hydrogens (primary N) is 1. The zero-order valence-electron chi connectivity index (χ0n) is 9.95. The monoisotopic (exact) mass is 252 g/mol. The third kappa shape index (κ3) is 3.48. The number of sulfonamides is 1. The molecule has 3 N–H and O–H groups in total. The van der Waals surface area contributed by atoms with Crippen molar-refractivity contribution < 1.29 is 8.42 Å². The Morgan fingerprint density at radius 2 is 2.12 bits per heavy atom. The van der Waals surface area contributed by atoms with Gasteiger partial charge in [0.1, 0.15) is 4.90 Å². The number of nitrogen functional groups attached to an aromatic ring is 1. The van der Waals surface area contributed by atoms with E-state index in [9.17, 15) is 8.42 Å². The maximum atomic E-state index is 12.0. The highest BCUT2D eigenvalue weighted by molar-refractivity contribution is 7.89. The standard InChI is InChI=1S/C12H16N2O2S/c1-3-4-5-9-14-17(15,16)12-10(2)7-6-8-11(12)13/h6-8,14H,5,9,13H2,1-2H3. The largest absolute Gasteiger partial charge is 0.398 e. The van der Waals surface area contributed by atoms with Crippen molar-refractivity contribution in [1.29, 1.82) is 0 Å². The quantitative estimate of drug-likeness (QED) is 0.481. The third-order valence-electron chi connectivity index (χ3n) is 2.23. The molecule has 0 unspecified atom stereocenters. The van der Waals surface area contributed by atoms with E-state index in [1.54, 1.807) is 32.0 Å². The van der Waals surface area contributed by atoms with Crippen LogP contribution in [0.1, 0.15) is 18.9 Å². The molecule has 5 heteroatoms. The summed E-state index contributed by atoms with van der Waals surface area (Å²) in [6, 6.07) is 5.02. The summed E-state index contributed by atoms with van der Waals surface area (Å²) in [6.45, 7) is 3.72. The summed E-state index contributed by atoms with van der Waals surface area (Å²) in [6.07, 6.45) is 0.488. The lowest BCUT2D eigenvalue weighted by Crippen LogP contribution is -2.26. The molecule has 1 aromatic carbocycles. The Morgan fingerprint density at radius 1 is 1.41 bits per heavy atom. The minimum Gasteiger partial charge on any atom is -0.398 e. The lowest BCUT2D eigenvalue weighted by molar-refractivity contribution is 0.582. The van der Waals surface area contributed by atoms with Crippen LogP contribution >= 0.6 is 0 Å². The molecule has 1 aromatic rings. The molecule has 0 aromatic heterocycles. The van der Waals surface area contributed by atoms with Gasteiger partial charge in [-0.1, -0.05) is 12.1 Å². The highest BCUT2D eigenvalue weighted by Crippen LogP contribution is 2.21. The Labute approximate surface area is 102 Å². The summed E-state index contributed by atoms with van der Waals surface area (Å²) in [7, 11) is -3.54. The second kappa shape index (κ2) is 5.71. The number of aryl methyl sites for hydroxylation is 1. The van der Waals surface area contributed by atoms with Gasteiger partial charge in [0.25, 0.3) is 0 Å². The van der Waals surface area contributed by atoms with Crippen LogP contribution in [0.15, 0.2) is 23.1 Å². The SMILES string of the molecule is CC#CCCNS(=O)(=O)c1c(C)cccc1N. The molecule has 0 aliphatic carbocycles. The summed E-state index contributed by atoms with van der Waals surface area (Å²) in [5.74, 6) is 5.50. The fourth-order valence-electron chi connectivity index (χ4n) is 1.49. The van der Waals surface area contributed by atoms with Gasteiger partial charge in [-0.05, 0) is 25.5 Å². The van der Waals surface area contributed by atoms with E-state index in [0.29, 0.717) is 12.0 Å². The summed E-state index contributed by atoms with van der Waals surface area (Å²) >= 11 is 0. The summed E-state index contributed by atoms with van der Waals surface area (Å²) in [5.41, 5.74) is 6.59. The lowest BCUT2D eigenvalue weighted by Gasteiger charge is -2.10. The second-order valence-corrected chi connectivity index (χ2v) is 5.27. The van der Waals surface area contributed by atoms with Crippen molar-refractivity contribution in [3.8, 4) is 11.8 Å². The van der Waals surface area contributed by atoms with Crippen molar-refractivity contribution in [3.05, 3.63) is 23.8 Å². The van der Waals surface area contributed by atoms with E-state index in [0.717, 1.165) is 0 Å². The zero-order valence-corrected chi connectivity index (χ0v) is 10.8. The average Bonchev–Trinajstić information content (AvgIpc) is 2.24. The molecular formula is C12H16N2O2S. The molecule has 0 amide bonds. The van der Waals surface area contributed by atoms with Crippen molar-refractivity contribution in [2.75, 3.05) is 12.3 Å². The highest BCUT2D eigenvalue weighted by Gasteiger charge is 2.18. The molecule has 1 rings (SSSR count). The molecular weight excluding hydrogens is 236 g/mol. The van der Waals surface area contributed by atoms with Crippen molar-refractivity contribution in [3.63, 3.8) is 0 Å². The molecule has 4 nitrogen and oxygen atoms in total. The smallest absolute Gasteiger partial charge is 0.242 e. The van der Waals surface area contributed by atoms with Crippen LogP contribution in [0, 0.1) is 18.8 Å². The molecule has 0 atom stereocenters. The Bertz CT molecular complexity index is 533. The Hall–Kier alpha value is -1.51. The molecule has 0 aliphatic rings. The molecule has 0 aliphatic heterocycles. The maximum absolute atomic E-state index is 12.0. The van der Waals surface area contributed by atoms with Crippen LogP contribution in [0.2, 0.25) is 0 Å². The third-order valence-corrected chi connectivity index (χ3v) is 3.91. The molecule has 17 heavy (non-hydrogen) atoms. The van der Waals surface area contributed by atoms with E-state index in [4.69, 9.17) is 5.73 Å². The number of nitrogens with one attached hydrogen (secondary N) is 1. The first-order valence-corrected chi connectivity index (χ1v) is 6.71. The van der Waals surface area contributed by atoms with Gasteiger partial charge in [0.2, 0.25) is 10.0 Å². The fraction of sp³-hybridized carbons (Fsp3) is 0.333. The number of hydrogen-bond acceptors (Lipinski definition) is 3. The van der Waals surface area contributed by atoms with E-state index in [1.807, 2.05) is 0 Å². The minimum atomic E-state index is -3.54. The molecule has 0 spiro atoms. The number of benzene rings is 1. The van der Waals surface area contributed by atoms with Crippen LogP contribution in [0.3, 0.4) is 0 Å². The predicted molar refractivity (Wildman–Crippen MR) is 68.8 cm³/mol. The van der Waals surface area contributed by atoms with Gasteiger partial charge in [-0.2, -0.15) is 0 Å². The molecule has 0 saturated carbocycles. The maximum Gasteiger partial charge on any atom is 0.242 e. The van der Waals surface area contributed by atoms with E-state index in [-0.39, 0.29) is 17.1 Å². The lowest BCUT2D eigenvalue weighted by atomic mass is 10.2. The minimum absolute atomic E-state index is 0.157. The molecule has 0 fully saturated rings. The van der Waals surface area contributed by atoms with Crippen LogP contribution in [-0.2, 0) is 10.0 Å². The molecule has 0 radical (unpaired) electrons. The first kappa shape index (κ1) is 13.6. The van der Waals surface area contributed by atoms with E-state index in [2.05, 4.69) is 16.6 Å². The number of hydrogen-bond donors (Lipinski definition) is 2. The van der Waals surface area contributed by atoms with Gasteiger partial charge in [-0.25, -0.2) is 13.1 Å². The van der Waals surface area contributed by atoms with Gasteiger partial charge in [0.05, 0.1) is 5.69 Å². The molecule has 0 bridgehead atoms. The Balaban J connectivity index is 2.93. The van der Waals surface area contributed by atoms with Gasteiger partial charge in [0, 0.05) is 13.0 Å². The number of anilines is 1. The van der Waals surface area contributed by atoms with Crippen LogP contribution in [0.25, 0.3) is 0 Å². The molecule has 92 valence electrons. The Morgan fingerprint density at radius 3 is 2.71 bits per heavy atom.